The van der Waals surface area contributed by atoms with E-state index in [1.54, 1.807) is 4.57 Å². The molecule has 18 heavy (non-hydrogen) atoms. The molecule has 0 fully saturated rings. The average molecular weight is 247 g/mol. The fourth-order valence-corrected chi connectivity index (χ4v) is 1.72. The zero-order valence-corrected chi connectivity index (χ0v) is 10.6. The van der Waals surface area contributed by atoms with Crippen molar-refractivity contribution in [1.82, 2.24) is 24.5 Å². The number of unbranched alkanes of at least 4 members (excludes halogenated alkanes) is 1. The van der Waals surface area contributed by atoms with E-state index in [1.807, 2.05) is 13.1 Å². The number of nitrogens with two attached hydrogens (primary N) is 2. The van der Waals surface area contributed by atoms with Crippen LogP contribution in [0, 0.1) is 6.92 Å². The van der Waals surface area contributed by atoms with Crippen molar-refractivity contribution in [3.05, 3.63) is 17.7 Å². The van der Waals surface area contributed by atoms with E-state index in [9.17, 15) is 0 Å². The van der Waals surface area contributed by atoms with Crippen molar-refractivity contribution < 1.29 is 0 Å². The Kier molecular flexibility index (Phi) is 3.40. The van der Waals surface area contributed by atoms with Crippen molar-refractivity contribution in [1.29, 1.82) is 0 Å². The molecule has 4 N–H and O–H groups in total. The molecule has 0 unspecified atom stereocenters. The lowest BCUT2D eigenvalue weighted by molar-refractivity contribution is 0.779. The number of hydrogen-bond acceptors (Lipinski definition) is 6. The molecular formula is C11H17N7. The van der Waals surface area contributed by atoms with Crippen LogP contribution in [0.15, 0.2) is 6.20 Å². The summed E-state index contributed by atoms with van der Waals surface area (Å²) in [6.45, 7) is 4.04. The monoisotopic (exact) mass is 247 g/mol. The third-order valence-corrected chi connectivity index (χ3v) is 2.59. The first-order chi connectivity index (χ1) is 8.60. The van der Waals surface area contributed by atoms with Gasteiger partial charge in [0.05, 0.1) is 5.69 Å². The molecule has 2 heterocycles. The third-order valence-electron chi connectivity index (χ3n) is 2.59. The number of hydrogen-bond donors (Lipinski definition) is 2. The summed E-state index contributed by atoms with van der Waals surface area (Å²) in [5.41, 5.74) is 12.1. The van der Waals surface area contributed by atoms with Crippen molar-refractivity contribution in [2.45, 2.75) is 33.1 Å². The summed E-state index contributed by atoms with van der Waals surface area (Å²) in [5.74, 6) is 1.44. The van der Waals surface area contributed by atoms with Crippen molar-refractivity contribution in [2.75, 3.05) is 11.5 Å². The van der Waals surface area contributed by atoms with Crippen LogP contribution in [-0.2, 0) is 6.42 Å². The number of aryl methyl sites for hydroxylation is 2. The van der Waals surface area contributed by atoms with Crippen LogP contribution < -0.4 is 11.5 Å². The molecule has 2 rings (SSSR count). The van der Waals surface area contributed by atoms with Gasteiger partial charge >= 0.3 is 0 Å². The standard InChI is InChI=1S/C11H17N7/c1-3-4-5-8-6-18(7(2)14-8)11-16-9(12)15-10(13)17-11/h6H,3-5H2,1-2H3,(H4,12,13,15,16,17). The molecule has 0 atom stereocenters. The second-order valence-corrected chi connectivity index (χ2v) is 4.10. The smallest absolute Gasteiger partial charge is 0.241 e. The largest absolute Gasteiger partial charge is 0.368 e. The van der Waals surface area contributed by atoms with E-state index in [-0.39, 0.29) is 11.9 Å². The molecule has 96 valence electrons. The molecule has 0 aliphatic rings. The minimum Gasteiger partial charge on any atom is -0.368 e. The van der Waals surface area contributed by atoms with Gasteiger partial charge in [-0.2, -0.15) is 15.0 Å². The van der Waals surface area contributed by atoms with Crippen molar-refractivity contribution in [2.24, 2.45) is 0 Å². The quantitative estimate of drug-likeness (QED) is 0.829. The second kappa shape index (κ2) is 4.99. The minimum absolute atomic E-state index is 0.112. The summed E-state index contributed by atoms with van der Waals surface area (Å²) in [6, 6.07) is 0. The Labute approximate surface area is 105 Å². The van der Waals surface area contributed by atoms with Crippen LogP contribution >= 0.6 is 0 Å². The average Bonchev–Trinajstić information content (AvgIpc) is 2.66. The zero-order chi connectivity index (χ0) is 13.1. The number of imidazole rings is 1. The lowest BCUT2D eigenvalue weighted by Crippen LogP contribution is -2.09. The van der Waals surface area contributed by atoms with Gasteiger partial charge in [-0.1, -0.05) is 13.3 Å². The molecule has 0 aromatic carbocycles. The van der Waals surface area contributed by atoms with Crippen LogP contribution in [0.25, 0.3) is 5.95 Å². The highest BCUT2D eigenvalue weighted by atomic mass is 15.3. The van der Waals surface area contributed by atoms with E-state index in [0.29, 0.717) is 5.95 Å². The van der Waals surface area contributed by atoms with Gasteiger partial charge in [-0.15, -0.1) is 0 Å². The Morgan fingerprint density at radius 1 is 1.11 bits per heavy atom. The normalized spacial score (nSPS) is 10.8. The van der Waals surface area contributed by atoms with Gasteiger partial charge in [-0.05, 0) is 19.8 Å². The first-order valence-corrected chi connectivity index (χ1v) is 5.92. The van der Waals surface area contributed by atoms with Gasteiger partial charge in [0.25, 0.3) is 0 Å². The Hall–Kier alpha value is -2.18. The second-order valence-electron chi connectivity index (χ2n) is 4.10. The molecule has 7 heteroatoms. The van der Waals surface area contributed by atoms with Gasteiger partial charge in [-0.3, -0.25) is 4.57 Å². The summed E-state index contributed by atoms with van der Waals surface area (Å²) >= 11 is 0. The number of rotatable bonds is 4. The van der Waals surface area contributed by atoms with Gasteiger partial charge in [0.1, 0.15) is 5.82 Å². The van der Waals surface area contributed by atoms with Crippen LogP contribution in [0.3, 0.4) is 0 Å². The molecule has 2 aromatic rings. The molecule has 0 bridgehead atoms. The van der Waals surface area contributed by atoms with Gasteiger partial charge in [-0.25, -0.2) is 4.98 Å². The van der Waals surface area contributed by atoms with Crippen LogP contribution in [0.5, 0.6) is 0 Å². The van der Waals surface area contributed by atoms with Gasteiger partial charge < -0.3 is 11.5 Å². The highest BCUT2D eigenvalue weighted by Crippen LogP contribution is 2.11. The lowest BCUT2D eigenvalue weighted by Gasteiger charge is -2.03. The van der Waals surface area contributed by atoms with Crippen molar-refractivity contribution >= 4 is 11.9 Å². The molecule has 0 saturated heterocycles. The molecule has 7 nitrogen and oxygen atoms in total. The van der Waals surface area contributed by atoms with Crippen LogP contribution in [-0.4, -0.2) is 24.5 Å². The van der Waals surface area contributed by atoms with E-state index in [0.717, 1.165) is 30.8 Å². The van der Waals surface area contributed by atoms with Crippen molar-refractivity contribution in [3.8, 4) is 5.95 Å². The molecular weight excluding hydrogens is 230 g/mol. The SMILES string of the molecule is CCCCc1cn(-c2nc(N)nc(N)n2)c(C)n1. The molecule has 0 saturated carbocycles. The zero-order valence-electron chi connectivity index (χ0n) is 10.6. The van der Waals surface area contributed by atoms with E-state index in [2.05, 4.69) is 26.9 Å². The van der Waals surface area contributed by atoms with Gasteiger partial charge in [0, 0.05) is 6.20 Å². The fraction of sp³-hybridized carbons (Fsp3) is 0.455. The van der Waals surface area contributed by atoms with E-state index < -0.39 is 0 Å². The molecule has 0 aliphatic carbocycles. The number of anilines is 2. The highest BCUT2D eigenvalue weighted by molar-refractivity contribution is 5.32. The minimum atomic E-state index is 0.112. The predicted octanol–water partition coefficient (Wildman–Crippen LogP) is 0.873. The summed E-state index contributed by atoms with van der Waals surface area (Å²) in [6.07, 6.45) is 5.11. The van der Waals surface area contributed by atoms with Crippen LogP contribution in [0.4, 0.5) is 11.9 Å². The topological polar surface area (TPSA) is 109 Å². The summed E-state index contributed by atoms with van der Waals surface area (Å²) in [5, 5.41) is 0. The lowest BCUT2D eigenvalue weighted by atomic mass is 10.2. The predicted molar refractivity (Wildman–Crippen MR) is 69.1 cm³/mol. The first-order valence-electron chi connectivity index (χ1n) is 5.92. The Morgan fingerprint density at radius 2 is 1.78 bits per heavy atom. The van der Waals surface area contributed by atoms with Gasteiger partial charge in [0.2, 0.25) is 17.8 Å². The Bertz CT molecular complexity index is 526. The van der Waals surface area contributed by atoms with E-state index in [1.165, 1.54) is 0 Å². The maximum Gasteiger partial charge on any atom is 0.241 e. The number of aromatic nitrogens is 5. The maximum absolute atomic E-state index is 5.56. The highest BCUT2D eigenvalue weighted by Gasteiger charge is 2.09. The Balaban J connectivity index is 2.34. The molecule has 0 amide bonds. The Morgan fingerprint density at radius 3 is 2.39 bits per heavy atom. The number of nitrogens with zero attached hydrogens (tertiary/aromatic N) is 5. The van der Waals surface area contributed by atoms with Gasteiger partial charge in [0.15, 0.2) is 0 Å². The fourth-order valence-electron chi connectivity index (χ4n) is 1.72. The molecule has 2 aromatic heterocycles. The summed E-state index contributed by atoms with van der Waals surface area (Å²) in [7, 11) is 0. The maximum atomic E-state index is 5.56. The van der Waals surface area contributed by atoms with E-state index in [4.69, 9.17) is 11.5 Å². The molecule has 0 radical (unpaired) electrons. The van der Waals surface area contributed by atoms with E-state index >= 15 is 0 Å². The van der Waals surface area contributed by atoms with Crippen molar-refractivity contribution in [3.63, 3.8) is 0 Å². The van der Waals surface area contributed by atoms with Crippen LogP contribution in [0.1, 0.15) is 31.3 Å². The number of nitrogen functional groups attached to an aromatic ring is 2. The third kappa shape index (κ3) is 2.55. The molecule has 0 spiro atoms. The first kappa shape index (κ1) is 12.3. The summed E-state index contributed by atoms with van der Waals surface area (Å²) in [4.78, 5) is 16.3. The van der Waals surface area contributed by atoms with Crippen LogP contribution in [0.2, 0.25) is 0 Å². The summed E-state index contributed by atoms with van der Waals surface area (Å²) < 4.78 is 1.78. The molecule has 0 aliphatic heterocycles.